The van der Waals surface area contributed by atoms with Crippen molar-refractivity contribution in [3.63, 3.8) is 0 Å². The first-order valence-electron chi connectivity index (χ1n) is 10.6. The van der Waals surface area contributed by atoms with Gasteiger partial charge in [-0.05, 0) is 60.9 Å². The summed E-state index contributed by atoms with van der Waals surface area (Å²) in [7, 11) is 3.04. The number of benzene rings is 2. The zero-order chi connectivity index (χ0) is 24.1. The topological polar surface area (TPSA) is 107 Å². The molecule has 0 bridgehead atoms. The van der Waals surface area contributed by atoms with Crippen molar-refractivity contribution in [2.24, 2.45) is 0 Å². The summed E-state index contributed by atoms with van der Waals surface area (Å²) in [5.41, 5.74) is 0.551. The molecular weight excluding hydrogens is 424 g/mol. The van der Waals surface area contributed by atoms with E-state index in [0.717, 1.165) is 12.2 Å². The molecule has 0 saturated carbocycles. The zero-order valence-corrected chi connectivity index (χ0v) is 19.1. The van der Waals surface area contributed by atoms with E-state index in [0.29, 0.717) is 36.6 Å². The highest BCUT2D eigenvalue weighted by atomic mass is 16.6. The fraction of sp³-hybridized carbons (Fsp3) is 0.320. The first kappa shape index (κ1) is 25.3. The molecule has 0 aromatic heterocycles. The van der Waals surface area contributed by atoms with Gasteiger partial charge in [0.2, 0.25) is 0 Å². The molecule has 2 aromatic rings. The van der Waals surface area contributed by atoms with Gasteiger partial charge < -0.3 is 24.3 Å². The van der Waals surface area contributed by atoms with Gasteiger partial charge in [-0.3, -0.25) is 9.59 Å². The average molecular weight is 453 g/mol. The van der Waals surface area contributed by atoms with Gasteiger partial charge >= 0.3 is 5.97 Å². The van der Waals surface area contributed by atoms with E-state index in [1.807, 2.05) is 13.0 Å². The Labute approximate surface area is 193 Å². The number of nitrogens with zero attached hydrogens (tertiary/aromatic N) is 1. The Hall–Kier alpha value is -3.99. The molecule has 174 valence electrons. The first-order chi connectivity index (χ1) is 16.0. The molecule has 33 heavy (non-hydrogen) atoms. The first-order valence-corrected chi connectivity index (χ1v) is 10.6. The number of ether oxygens (including phenoxy) is 4. The van der Waals surface area contributed by atoms with Gasteiger partial charge in [-0.2, -0.15) is 5.26 Å². The van der Waals surface area contributed by atoms with E-state index in [1.165, 1.54) is 13.2 Å². The fourth-order valence-corrected chi connectivity index (χ4v) is 2.76. The lowest BCUT2D eigenvalue weighted by Gasteiger charge is -2.11. The second-order valence-electron chi connectivity index (χ2n) is 6.94. The third-order valence-electron chi connectivity index (χ3n) is 4.48. The van der Waals surface area contributed by atoms with Crippen LogP contribution in [0.4, 0.5) is 0 Å². The van der Waals surface area contributed by atoms with Gasteiger partial charge in [0.25, 0.3) is 5.91 Å². The number of hydrogen-bond donors (Lipinski definition) is 1. The van der Waals surface area contributed by atoms with E-state index in [-0.39, 0.29) is 17.7 Å². The summed E-state index contributed by atoms with van der Waals surface area (Å²) in [6.07, 6.45) is 2.87. The maximum absolute atomic E-state index is 12.2. The molecule has 1 amide bonds. The van der Waals surface area contributed by atoms with E-state index in [4.69, 9.17) is 18.9 Å². The van der Waals surface area contributed by atoms with Crippen molar-refractivity contribution in [2.75, 3.05) is 27.4 Å². The van der Waals surface area contributed by atoms with Gasteiger partial charge in [0, 0.05) is 13.0 Å². The minimum atomic E-state index is -0.439. The normalized spacial score (nSPS) is 10.7. The fourth-order valence-electron chi connectivity index (χ4n) is 2.76. The third-order valence-corrected chi connectivity index (χ3v) is 4.48. The van der Waals surface area contributed by atoms with Crippen molar-refractivity contribution in [1.29, 1.82) is 5.26 Å². The largest absolute Gasteiger partial charge is 0.497 e. The van der Waals surface area contributed by atoms with Crippen LogP contribution in [0.2, 0.25) is 0 Å². The van der Waals surface area contributed by atoms with Gasteiger partial charge in [0.15, 0.2) is 11.5 Å². The van der Waals surface area contributed by atoms with Crippen molar-refractivity contribution >= 4 is 18.0 Å². The summed E-state index contributed by atoms with van der Waals surface area (Å²) in [6, 6.07) is 13.9. The van der Waals surface area contributed by atoms with Gasteiger partial charge in [-0.15, -0.1) is 0 Å². The van der Waals surface area contributed by atoms with E-state index in [1.54, 1.807) is 49.6 Å². The lowest BCUT2D eigenvalue weighted by molar-refractivity contribution is -0.134. The van der Waals surface area contributed by atoms with Crippen molar-refractivity contribution in [1.82, 2.24) is 5.32 Å². The predicted molar refractivity (Wildman–Crippen MR) is 123 cm³/mol. The average Bonchev–Trinajstić information content (AvgIpc) is 2.84. The van der Waals surface area contributed by atoms with Gasteiger partial charge in [-0.25, -0.2) is 0 Å². The molecule has 0 aliphatic heterocycles. The van der Waals surface area contributed by atoms with E-state index < -0.39 is 11.9 Å². The van der Waals surface area contributed by atoms with Gasteiger partial charge in [0.05, 0.1) is 20.8 Å². The molecule has 0 heterocycles. The Bertz CT molecular complexity index is 1010. The summed E-state index contributed by atoms with van der Waals surface area (Å²) in [5.74, 6) is 1.14. The lowest BCUT2D eigenvalue weighted by atomic mass is 10.1. The second kappa shape index (κ2) is 13.4. The minimum absolute atomic E-state index is 0.0212. The summed E-state index contributed by atoms with van der Waals surface area (Å²) >= 11 is 0. The van der Waals surface area contributed by atoms with E-state index in [2.05, 4.69) is 5.32 Å². The highest BCUT2D eigenvalue weighted by Crippen LogP contribution is 2.29. The number of methoxy groups -OCH3 is 2. The number of amides is 1. The minimum Gasteiger partial charge on any atom is -0.497 e. The molecule has 8 nitrogen and oxygen atoms in total. The molecule has 0 unspecified atom stereocenters. The van der Waals surface area contributed by atoms with E-state index >= 15 is 0 Å². The number of carbonyl (C=O) groups is 2. The number of rotatable bonds is 12. The lowest BCUT2D eigenvalue weighted by Crippen LogP contribution is -2.25. The van der Waals surface area contributed by atoms with Crippen LogP contribution in [0.15, 0.2) is 48.0 Å². The van der Waals surface area contributed by atoms with Crippen LogP contribution in [0, 0.1) is 11.3 Å². The molecule has 2 aromatic carbocycles. The number of hydrogen-bond acceptors (Lipinski definition) is 7. The smallest absolute Gasteiger partial charge is 0.311 e. The van der Waals surface area contributed by atoms with Crippen LogP contribution in [0.5, 0.6) is 23.0 Å². The van der Waals surface area contributed by atoms with Crippen LogP contribution in [0.25, 0.3) is 6.08 Å². The van der Waals surface area contributed by atoms with Crippen molar-refractivity contribution in [3.05, 3.63) is 53.6 Å². The molecule has 0 radical (unpaired) electrons. The Morgan fingerprint density at radius 3 is 2.39 bits per heavy atom. The van der Waals surface area contributed by atoms with Crippen molar-refractivity contribution in [2.45, 2.75) is 26.2 Å². The Morgan fingerprint density at radius 1 is 1.03 bits per heavy atom. The number of esters is 1. The maximum Gasteiger partial charge on any atom is 0.311 e. The highest BCUT2D eigenvalue weighted by molar-refractivity contribution is 6.01. The van der Waals surface area contributed by atoms with Gasteiger partial charge in [0.1, 0.15) is 23.1 Å². The number of carbonyl (C=O) groups excluding carboxylic acids is 2. The molecule has 2 rings (SSSR count). The molecular formula is C25H28N2O6. The van der Waals surface area contributed by atoms with Crippen LogP contribution >= 0.6 is 0 Å². The van der Waals surface area contributed by atoms with Crippen molar-refractivity contribution in [3.8, 4) is 29.1 Å². The Kier molecular flexibility index (Phi) is 10.3. The molecule has 0 saturated heterocycles. The number of nitrogens with one attached hydrogen (secondary N) is 1. The monoisotopic (exact) mass is 452 g/mol. The molecule has 0 fully saturated rings. The van der Waals surface area contributed by atoms with Crippen LogP contribution < -0.4 is 24.3 Å². The molecule has 1 N–H and O–H groups in total. The SMILES string of the molecule is CCCNC(=O)C(C#N)=Cc1ccc(OC(=O)CCCOc2ccc(OC)cc2)c(OC)c1. The van der Waals surface area contributed by atoms with Gasteiger partial charge in [-0.1, -0.05) is 13.0 Å². The summed E-state index contributed by atoms with van der Waals surface area (Å²) in [6.45, 7) is 2.77. The third kappa shape index (κ3) is 8.22. The molecule has 0 spiro atoms. The quantitative estimate of drug-likeness (QED) is 0.171. The highest BCUT2D eigenvalue weighted by Gasteiger charge is 2.13. The molecule has 0 aliphatic carbocycles. The maximum atomic E-state index is 12.2. The molecule has 8 heteroatoms. The second-order valence-corrected chi connectivity index (χ2v) is 6.94. The van der Waals surface area contributed by atoms with Crippen LogP contribution in [0.1, 0.15) is 31.7 Å². The zero-order valence-electron chi connectivity index (χ0n) is 19.1. The predicted octanol–water partition coefficient (Wildman–Crippen LogP) is 3.90. The summed E-state index contributed by atoms with van der Waals surface area (Å²) in [4.78, 5) is 24.2. The Balaban J connectivity index is 1.91. The molecule has 0 aliphatic rings. The van der Waals surface area contributed by atoms with E-state index in [9.17, 15) is 14.9 Å². The number of nitriles is 1. The van der Waals surface area contributed by atoms with Crippen LogP contribution in [-0.4, -0.2) is 39.2 Å². The van der Waals surface area contributed by atoms with Crippen LogP contribution in [0.3, 0.4) is 0 Å². The van der Waals surface area contributed by atoms with Crippen molar-refractivity contribution < 1.29 is 28.5 Å². The Morgan fingerprint density at radius 2 is 1.76 bits per heavy atom. The van der Waals surface area contributed by atoms with Crippen LogP contribution in [-0.2, 0) is 9.59 Å². The molecule has 0 atom stereocenters. The summed E-state index contributed by atoms with van der Waals surface area (Å²) < 4.78 is 21.4. The summed E-state index contributed by atoms with van der Waals surface area (Å²) in [5, 5.41) is 11.9. The standard InChI is InChI=1S/C25H28N2O6/c1-4-13-27-25(29)19(17-26)15-18-7-12-22(23(16-18)31-3)33-24(28)6-5-14-32-21-10-8-20(30-2)9-11-21/h7-12,15-16H,4-6,13-14H2,1-3H3,(H,27,29).